The highest BCUT2D eigenvalue weighted by Crippen LogP contribution is 2.24. The summed E-state index contributed by atoms with van der Waals surface area (Å²) >= 11 is 0. The molecular formula is C23H26N6O5. The first kappa shape index (κ1) is 23.1. The molecule has 178 valence electrons. The zero-order valence-corrected chi connectivity index (χ0v) is 18.8. The van der Waals surface area contributed by atoms with E-state index in [1.54, 1.807) is 48.2 Å². The number of nitrogens with one attached hydrogen (secondary N) is 2. The Bertz CT molecular complexity index is 1120. The summed E-state index contributed by atoms with van der Waals surface area (Å²) in [6.07, 6.45) is -1.75. The van der Waals surface area contributed by atoms with Gasteiger partial charge in [-0.15, -0.1) is 0 Å². The van der Waals surface area contributed by atoms with E-state index in [9.17, 15) is 19.8 Å². The van der Waals surface area contributed by atoms with Gasteiger partial charge in [0.05, 0.1) is 12.3 Å². The SMILES string of the molecule is C/C(=N\NC1=NC2C(C(=O)NC(=O)N2C)N1CC(O)COc1ccccc1)c1ccccc1O. The zero-order chi connectivity index (χ0) is 24.2. The monoisotopic (exact) mass is 466 g/mol. The van der Waals surface area contributed by atoms with Crippen LogP contribution >= 0.6 is 0 Å². The number of aliphatic imine (C=N–C) groups is 1. The number of fused-ring (bicyclic) bond motifs is 1. The second-order valence-electron chi connectivity index (χ2n) is 7.97. The maximum atomic E-state index is 12.7. The van der Waals surface area contributed by atoms with Crippen LogP contribution < -0.4 is 15.5 Å². The molecule has 3 unspecified atom stereocenters. The largest absolute Gasteiger partial charge is 0.507 e. The number of benzene rings is 2. The molecule has 4 N–H and O–H groups in total. The molecule has 2 aliphatic heterocycles. The number of aromatic hydroxyl groups is 1. The van der Waals surface area contributed by atoms with Crippen molar-refractivity contribution in [2.75, 3.05) is 20.2 Å². The number of nitrogens with zero attached hydrogens (tertiary/aromatic N) is 4. The Morgan fingerprint density at radius 1 is 1.21 bits per heavy atom. The highest BCUT2D eigenvalue weighted by atomic mass is 16.5. The molecule has 2 heterocycles. The fourth-order valence-corrected chi connectivity index (χ4v) is 3.78. The number of rotatable bonds is 7. The maximum Gasteiger partial charge on any atom is 0.325 e. The van der Waals surface area contributed by atoms with Gasteiger partial charge in [-0.1, -0.05) is 30.3 Å². The molecule has 34 heavy (non-hydrogen) atoms. The fourth-order valence-electron chi connectivity index (χ4n) is 3.78. The van der Waals surface area contributed by atoms with Crippen molar-refractivity contribution in [1.29, 1.82) is 0 Å². The van der Waals surface area contributed by atoms with E-state index in [4.69, 9.17) is 4.74 Å². The molecule has 11 heteroatoms. The number of phenolic OH excluding ortho intramolecular Hbond substituents is 1. The van der Waals surface area contributed by atoms with Crippen molar-refractivity contribution in [3.63, 3.8) is 0 Å². The number of likely N-dealkylation sites (N-methyl/N-ethyl adjacent to an activating group) is 1. The number of hydrogen-bond donors (Lipinski definition) is 4. The minimum absolute atomic E-state index is 0.000435. The number of amides is 3. The summed E-state index contributed by atoms with van der Waals surface area (Å²) in [6.45, 7) is 1.70. The second-order valence-corrected chi connectivity index (χ2v) is 7.97. The van der Waals surface area contributed by atoms with Crippen molar-refractivity contribution in [1.82, 2.24) is 20.5 Å². The van der Waals surface area contributed by atoms with E-state index in [2.05, 4.69) is 20.8 Å². The predicted molar refractivity (Wildman–Crippen MR) is 124 cm³/mol. The molecule has 0 saturated carbocycles. The van der Waals surface area contributed by atoms with E-state index in [1.807, 2.05) is 18.2 Å². The highest BCUT2D eigenvalue weighted by Gasteiger charge is 2.49. The van der Waals surface area contributed by atoms with Crippen LogP contribution in [0.15, 0.2) is 64.7 Å². The summed E-state index contributed by atoms with van der Waals surface area (Å²) in [6, 6.07) is 14.4. The van der Waals surface area contributed by atoms with Gasteiger partial charge in [0.25, 0.3) is 5.91 Å². The summed E-state index contributed by atoms with van der Waals surface area (Å²) in [5.74, 6) is 0.366. The Morgan fingerprint density at radius 2 is 1.91 bits per heavy atom. The minimum Gasteiger partial charge on any atom is -0.507 e. The van der Waals surface area contributed by atoms with Crippen molar-refractivity contribution in [3.8, 4) is 11.5 Å². The molecule has 11 nitrogen and oxygen atoms in total. The van der Waals surface area contributed by atoms with Crippen molar-refractivity contribution in [2.24, 2.45) is 10.1 Å². The van der Waals surface area contributed by atoms with Gasteiger partial charge in [0.2, 0.25) is 5.96 Å². The van der Waals surface area contributed by atoms with Crippen LogP contribution in [0.1, 0.15) is 12.5 Å². The van der Waals surface area contributed by atoms with Gasteiger partial charge in [0, 0.05) is 12.6 Å². The molecule has 0 aromatic heterocycles. The number of urea groups is 1. The molecule has 3 amide bonds. The van der Waals surface area contributed by atoms with Gasteiger partial charge in [-0.3, -0.25) is 10.1 Å². The first-order valence-electron chi connectivity index (χ1n) is 10.7. The zero-order valence-electron chi connectivity index (χ0n) is 18.8. The highest BCUT2D eigenvalue weighted by molar-refractivity contribution is 6.04. The van der Waals surface area contributed by atoms with Crippen molar-refractivity contribution in [3.05, 3.63) is 60.2 Å². The number of carbonyl (C=O) groups is 2. The minimum atomic E-state index is -0.968. The van der Waals surface area contributed by atoms with Gasteiger partial charge in [0.1, 0.15) is 24.2 Å². The van der Waals surface area contributed by atoms with Crippen molar-refractivity contribution < 1.29 is 24.5 Å². The Hall–Kier alpha value is -4.12. The summed E-state index contributed by atoms with van der Waals surface area (Å²) < 4.78 is 5.63. The summed E-state index contributed by atoms with van der Waals surface area (Å²) in [5.41, 5.74) is 3.84. The van der Waals surface area contributed by atoms with E-state index in [1.165, 1.54) is 11.9 Å². The molecule has 2 aromatic carbocycles. The van der Waals surface area contributed by atoms with Crippen molar-refractivity contribution >= 4 is 23.6 Å². The second kappa shape index (κ2) is 9.79. The summed E-state index contributed by atoms with van der Waals surface area (Å²) in [7, 11) is 1.54. The van der Waals surface area contributed by atoms with Crippen LogP contribution in [0.25, 0.3) is 0 Å². The van der Waals surface area contributed by atoms with Gasteiger partial charge in [-0.25, -0.2) is 15.2 Å². The summed E-state index contributed by atoms with van der Waals surface area (Å²) in [4.78, 5) is 32.1. The van der Waals surface area contributed by atoms with Crippen LogP contribution in [0.5, 0.6) is 11.5 Å². The molecule has 4 rings (SSSR count). The number of carbonyl (C=O) groups excluding carboxylic acids is 2. The lowest BCUT2D eigenvalue weighted by molar-refractivity contribution is -0.127. The molecule has 0 aliphatic carbocycles. The smallest absolute Gasteiger partial charge is 0.325 e. The van der Waals surface area contributed by atoms with Crippen LogP contribution in [0, 0.1) is 0 Å². The number of para-hydroxylation sites is 2. The molecule has 2 aromatic rings. The van der Waals surface area contributed by atoms with E-state index < -0.39 is 30.2 Å². The van der Waals surface area contributed by atoms with Gasteiger partial charge in [-0.05, 0) is 31.2 Å². The number of ether oxygens (including phenoxy) is 1. The summed E-state index contributed by atoms with van der Waals surface area (Å²) in [5, 5.41) is 27.3. The third-order valence-corrected chi connectivity index (χ3v) is 5.57. The normalized spacial score (nSPS) is 21.0. The third-order valence-electron chi connectivity index (χ3n) is 5.57. The lowest BCUT2D eigenvalue weighted by Crippen LogP contribution is -2.64. The number of aliphatic hydroxyl groups is 1. The van der Waals surface area contributed by atoms with Gasteiger partial charge in [-0.2, -0.15) is 5.10 Å². The Morgan fingerprint density at radius 3 is 2.65 bits per heavy atom. The van der Waals surface area contributed by atoms with E-state index in [-0.39, 0.29) is 24.9 Å². The van der Waals surface area contributed by atoms with Crippen LogP contribution in [0.2, 0.25) is 0 Å². The quantitative estimate of drug-likeness (QED) is 0.348. The Kier molecular flexibility index (Phi) is 6.64. The average molecular weight is 466 g/mol. The third kappa shape index (κ3) is 4.79. The molecule has 2 aliphatic rings. The van der Waals surface area contributed by atoms with Gasteiger partial charge < -0.3 is 24.7 Å². The standard InChI is InChI=1S/C23H26N6O5/c1-14(17-10-6-7-11-18(17)31)26-27-22-24-20-19(21(32)25-23(33)28(20)2)29(22)12-15(30)13-34-16-8-4-3-5-9-16/h3-11,15,19-20,30-31H,12-13H2,1-2H3,(H,24,27)(H,25,32,33)/b26-14+. The van der Waals surface area contributed by atoms with Crippen LogP contribution in [-0.4, -0.2) is 82.1 Å². The maximum absolute atomic E-state index is 12.7. The lowest BCUT2D eigenvalue weighted by Gasteiger charge is -2.36. The van der Waals surface area contributed by atoms with E-state index >= 15 is 0 Å². The van der Waals surface area contributed by atoms with Crippen molar-refractivity contribution in [2.45, 2.75) is 25.2 Å². The lowest BCUT2D eigenvalue weighted by atomic mass is 10.1. The first-order chi connectivity index (χ1) is 16.3. The van der Waals surface area contributed by atoms with Gasteiger partial charge in [0.15, 0.2) is 12.2 Å². The van der Waals surface area contributed by atoms with E-state index in [0.29, 0.717) is 17.0 Å². The topological polar surface area (TPSA) is 139 Å². The first-order valence-corrected chi connectivity index (χ1v) is 10.7. The van der Waals surface area contributed by atoms with Crippen LogP contribution in [0.4, 0.5) is 4.79 Å². The van der Waals surface area contributed by atoms with Crippen LogP contribution in [-0.2, 0) is 4.79 Å². The van der Waals surface area contributed by atoms with E-state index in [0.717, 1.165) is 0 Å². The molecule has 0 spiro atoms. The predicted octanol–water partition coefficient (Wildman–Crippen LogP) is 0.694. The molecule has 1 saturated heterocycles. The molecule has 0 bridgehead atoms. The Labute approximate surface area is 196 Å². The number of hydrogen-bond acceptors (Lipinski definition) is 9. The number of imide groups is 1. The number of guanidine groups is 1. The average Bonchev–Trinajstić information content (AvgIpc) is 3.19. The molecule has 3 atom stereocenters. The van der Waals surface area contributed by atoms with Crippen LogP contribution in [0.3, 0.4) is 0 Å². The fraction of sp³-hybridized carbons (Fsp3) is 0.304. The Balaban J connectivity index is 1.53. The molecule has 1 fully saturated rings. The number of β-amino-alcohol motifs (C(OH)–C–C–N with tert-alkyl or cyclic N) is 1. The van der Waals surface area contributed by atoms with Gasteiger partial charge >= 0.3 is 6.03 Å². The number of phenols is 1. The number of hydrazone groups is 1. The molecule has 0 radical (unpaired) electrons. The molecular weight excluding hydrogens is 440 g/mol. The number of aliphatic hydroxyl groups excluding tert-OH is 1.